The number of carbonyl (C=O) groups is 3. The van der Waals surface area contributed by atoms with Crippen LogP contribution < -0.4 is 11.1 Å². The van der Waals surface area contributed by atoms with Crippen LogP contribution >= 0.6 is 0 Å². The van der Waals surface area contributed by atoms with Gasteiger partial charge < -0.3 is 25.8 Å². The van der Waals surface area contributed by atoms with Crippen molar-refractivity contribution in [2.75, 3.05) is 18.5 Å². The number of nitrogens with zero attached hydrogens (tertiary/aromatic N) is 4. The van der Waals surface area contributed by atoms with Gasteiger partial charge in [-0.15, -0.1) is 0 Å². The van der Waals surface area contributed by atoms with Crippen molar-refractivity contribution in [3.63, 3.8) is 0 Å². The Kier molecular flexibility index (Phi) is 7.12. The Bertz CT molecular complexity index is 1080. The van der Waals surface area contributed by atoms with Crippen molar-refractivity contribution < 1.29 is 28.6 Å². The number of carboxylic acid groups (broad SMARTS) is 1. The maximum Gasteiger partial charge on any atom is 0.407 e. The van der Waals surface area contributed by atoms with Crippen LogP contribution in [-0.2, 0) is 9.53 Å². The first kappa shape index (κ1) is 23.5. The zero-order chi connectivity index (χ0) is 24.1. The van der Waals surface area contributed by atoms with Crippen molar-refractivity contribution >= 4 is 29.5 Å². The normalized spacial score (nSPS) is 20.0. The van der Waals surface area contributed by atoms with E-state index in [4.69, 9.17) is 10.5 Å². The number of esters is 1. The Hall–Kier alpha value is -4.14. The summed E-state index contributed by atoms with van der Waals surface area (Å²) in [4.78, 5) is 37.2. The molecule has 1 aromatic carbocycles. The van der Waals surface area contributed by atoms with Crippen molar-refractivity contribution in [3.05, 3.63) is 41.8 Å². The van der Waals surface area contributed by atoms with Gasteiger partial charge in [-0.25, -0.2) is 9.18 Å². The van der Waals surface area contributed by atoms with Crippen molar-refractivity contribution in [2.45, 2.75) is 31.8 Å². The van der Waals surface area contributed by atoms with Gasteiger partial charge in [-0.1, -0.05) is 0 Å². The first-order chi connectivity index (χ1) is 15.7. The van der Waals surface area contributed by atoms with Gasteiger partial charge in [0, 0.05) is 18.4 Å². The van der Waals surface area contributed by atoms with Crippen molar-refractivity contribution in [1.82, 2.24) is 14.7 Å². The number of ether oxygens (including phenoxy) is 1. The van der Waals surface area contributed by atoms with Gasteiger partial charge in [-0.2, -0.15) is 10.4 Å². The number of benzene rings is 1. The fourth-order valence-corrected chi connectivity index (χ4v) is 3.91. The molecule has 11 nitrogen and oxygen atoms in total. The number of likely N-dealkylation sites (tertiary alicyclic amines) is 1. The molecule has 2 heterocycles. The fraction of sp³-hybridized carbons (Fsp3) is 0.381. The van der Waals surface area contributed by atoms with E-state index in [0.29, 0.717) is 5.69 Å². The third-order valence-corrected chi connectivity index (χ3v) is 5.39. The highest BCUT2D eigenvalue weighted by molar-refractivity contribution is 5.98. The number of nitriles is 1. The Morgan fingerprint density at radius 2 is 2.06 bits per heavy atom. The summed E-state index contributed by atoms with van der Waals surface area (Å²) in [5.41, 5.74) is 5.91. The van der Waals surface area contributed by atoms with Crippen LogP contribution in [-0.4, -0.2) is 57.0 Å². The minimum Gasteiger partial charge on any atom is -0.466 e. The topological polar surface area (TPSA) is 164 Å². The summed E-state index contributed by atoms with van der Waals surface area (Å²) in [5.74, 6) is -2.53. The molecule has 0 aliphatic carbocycles. The third-order valence-electron chi connectivity index (χ3n) is 5.39. The van der Waals surface area contributed by atoms with E-state index in [9.17, 15) is 29.1 Å². The van der Waals surface area contributed by atoms with E-state index in [1.165, 1.54) is 35.1 Å². The van der Waals surface area contributed by atoms with Crippen molar-refractivity contribution in [3.8, 4) is 6.07 Å². The van der Waals surface area contributed by atoms with E-state index >= 15 is 0 Å². The molecule has 12 heteroatoms. The lowest BCUT2D eigenvalue weighted by molar-refractivity contribution is -0.145. The summed E-state index contributed by atoms with van der Waals surface area (Å²) >= 11 is 0. The number of amides is 2. The van der Waals surface area contributed by atoms with Gasteiger partial charge in [0.1, 0.15) is 11.4 Å². The summed E-state index contributed by atoms with van der Waals surface area (Å²) in [6.45, 7) is 1.80. The van der Waals surface area contributed by atoms with Crippen LogP contribution in [0.2, 0.25) is 0 Å². The number of rotatable bonds is 7. The van der Waals surface area contributed by atoms with Gasteiger partial charge in [0.25, 0.3) is 5.91 Å². The lowest BCUT2D eigenvalue weighted by Gasteiger charge is -2.41. The van der Waals surface area contributed by atoms with E-state index < -0.39 is 41.8 Å². The summed E-state index contributed by atoms with van der Waals surface area (Å²) < 4.78 is 19.5. The summed E-state index contributed by atoms with van der Waals surface area (Å²) in [6, 6.07) is 5.62. The van der Waals surface area contributed by atoms with E-state index in [-0.39, 0.29) is 37.4 Å². The molecule has 4 N–H and O–H groups in total. The van der Waals surface area contributed by atoms with Gasteiger partial charge in [0.05, 0.1) is 37.1 Å². The number of carbonyl (C=O) groups excluding carboxylic acids is 2. The molecule has 1 aromatic heterocycles. The monoisotopic (exact) mass is 458 g/mol. The molecule has 174 valence electrons. The Morgan fingerprint density at radius 3 is 2.64 bits per heavy atom. The van der Waals surface area contributed by atoms with E-state index in [0.717, 1.165) is 4.90 Å². The van der Waals surface area contributed by atoms with E-state index in [1.807, 2.05) is 0 Å². The van der Waals surface area contributed by atoms with Crippen LogP contribution in [0.25, 0.3) is 0 Å². The largest absolute Gasteiger partial charge is 0.466 e. The molecule has 0 saturated carbocycles. The molecular weight excluding hydrogens is 435 g/mol. The highest BCUT2D eigenvalue weighted by Gasteiger charge is 2.44. The third kappa shape index (κ3) is 5.20. The van der Waals surface area contributed by atoms with Gasteiger partial charge in [0.2, 0.25) is 0 Å². The van der Waals surface area contributed by atoms with Crippen molar-refractivity contribution in [1.29, 1.82) is 5.26 Å². The number of nitrogens with two attached hydrogens (primary N) is 1. The smallest absolute Gasteiger partial charge is 0.407 e. The molecule has 0 bridgehead atoms. The van der Waals surface area contributed by atoms with Gasteiger partial charge in [-0.3, -0.25) is 14.3 Å². The summed E-state index contributed by atoms with van der Waals surface area (Å²) in [7, 11) is 0. The zero-order valence-electron chi connectivity index (χ0n) is 17.8. The second-order valence-corrected chi connectivity index (χ2v) is 7.43. The van der Waals surface area contributed by atoms with Gasteiger partial charge in [-0.05, 0) is 37.6 Å². The Morgan fingerprint density at radius 1 is 1.36 bits per heavy atom. The molecule has 1 saturated heterocycles. The molecule has 0 radical (unpaired) electrons. The maximum absolute atomic E-state index is 13.2. The number of primary amides is 1. The summed E-state index contributed by atoms with van der Waals surface area (Å²) in [6.07, 6.45) is -0.0285. The fourth-order valence-electron chi connectivity index (χ4n) is 3.91. The zero-order valence-corrected chi connectivity index (χ0v) is 17.8. The number of anilines is 2. The Labute approximate surface area is 188 Å². The van der Waals surface area contributed by atoms with Gasteiger partial charge in [0.15, 0.2) is 5.82 Å². The highest BCUT2D eigenvalue weighted by Crippen LogP contribution is 2.36. The molecule has 1 aliphatic heterocycles. The lowest BCUT2D eigenvalue weighted by Crippen LogP contribution is -2.52. The lowest BCUT2D eigenvalue weighted by atomic mass is 9.85. The SMILES string of the molecule is CCOC(=O)CC1[C@H](n2cc(C(N)=O)c(Nc3ccc(F)cc3)n2)[C@@H](C#N)CCN1C(=O)O. The second-order valence-electron chi connectivity index (χ2n) is 7.43. The van der Waals surface area contributed by atoms with Crippen molar-refractivity contribution in [2.24, 2.45) is 11.7 Å². The molecule has 1 aliphatic rings. The standard InChI is InChI=1S/C21H23FN6O5/c1-2-33-17(29)9-16-18(12(10-23)7-8-27(16)21(31)32)28-11-15(19(24)30)20(26-28)25-14-5-3-13(22)4-6-14/h3-6,11-12,16,18H,2,7-9H2,1H3,(H2,24,30)(H,25,26)(H,31,32)/t12-,16?,18-/m1/s1. The number of halogens is 1. The van der Waals surface area contributed by atoms with Crippen LogP contribution in [0.1, 0.15) is 36.2 Å². The van der Waals surface area contributed by atoms with Crippen LogP contribution in [0.5, 0.6) is 0 Å². The molecule has 1 fully saturated rings. The molecule has 33 heavy (non-hydrogen) atoms. The average molecular weight is 458 g/mol. The Balaban J connectivity index is 2.03. The van der Waals surface area contributed by atoms with Gasteiger partial charge >= 0.3 is 12.1 Å². The number of piperidine rings is 1. The number of hydrogen-bond donors (Lipinski definition) is 3. The highest BCUT2D eigenvalue weighted by atomic mass is 19.1. The van der Waals surface area contributed by atoms with Crippen LogP contribution in [0, 0.1) is 23.1 Å². The molecule has 3 atom stereocenters. The minimum atomic E-state index is -1.25. The maximum atomic E-state index is 13.2. The molecular formula is C21H23FN6O5. The van der Waals surface area contributed by atoms with E-state index in [2.05, 4.69) is 16.5 Å². The molecule has 3 rings (SSSR count). The van der Waals surface area contributed by atoms with E-state index in [1.54, 1.807) is 6.92 Å². The summed E-state index contributed by atoms with van der Waals surface area (Å²) in [5, 5.41) is 26.7. The number of aromatic nitrogens is 2. The predicted molar refractivity (Wildman–Crippen MR) is 113 cm³/mol. The molecule has 2 aromatic rings. The molecule has 1 unspecified atom stereocenters. The minimum absolute atomic E-state index is 0.0154. The first-order valence-electron chi connectivity index (χ1n) is 10.2. The number of nitrogens with one attached hydrogen (secondary N) is 1. The quantitative estimate of drug-likeness (QED) is 0.532. The van der Waals surface area contributed by atoms with Crippen LogP contribution in [0.3, 0.4) is 0 Å². The van der Waals surface area contributed by atoms with Crippen LogP contribution in [0.15, 0.2) is 30.5 Å². The first-order valence-corrected chi connectivity index (χ1v) is 10.2. The molecule has 0 spiro atoms. The predicted octanol–water partition coefficient (Wildman–Crippen LogP) is 2.25. The average Bonchev–Trinajstić information content (AvgIpc) is 3.18. The molecule has 2 amide bonds. The second kappa shape index (κ2) is 9.99. The van der Waals surface area contributed by atoms with Crippen LogP contribution in [0.4, 0.5) is 20.7 Å². The number of hydrogen-bond acceptors (Lipinski definition) is 7.